The van der Waals surface area contributed by atoms with E-state index in [-0.39, 0.29) is 4.90 Å². The summed E-state index contributed by atoms with van der Waals surface area (Å²) in [4.78, 5) is 0.152. The Morgan fingerprint density at radius 1 is 1.00 bits per heavy atom. The molecule has 4 heteroatoms. The van der Waals surface area contributed by atoms with Gasteiger partial charge in [0.15, 0.2) is 0 Å². The Bertz CT molecular complexity index is 618. The minimum Gasteiger partial charge on any atom is -0.225 e. The fourth-order valence-corrected chi connectivity index (χ4v) is 2.07. The van der Waals surface area contributed by atoms with Gasteiger partial charge in [0.25, 0.3) is 0 Å². The Morgan fingerprint density at radius 3 is 2.27 bits per heavy atom. The standard InChI is InChI=1S/C11H11NO2S/c1-8-2-3-10-7-11(15(12,13)14)5-4-9(10)6-8/h2-7H,1H3,(H2,12,13,14). The van der Waals surface area contributed by atoms with Gasteiger partial charge >= 0.3 is 0 Å². The van der Waals surface area contributed by atoms with Crippen molar-refractivity contribution in [2.24, 2.45) is 5.14 Å². The third kappa shape index (κ3) is 2.00. The predicted molar refractivity (Wildman–Crippen MR) is 60.1 cm³/mol. The van der Waals surface area contributed by atoms with Gasteiger partial charge < -0.3 is 0 Å². The largest absolute Gasteiger partial charge is 0.238 e. The lowest BCUT2D eigenvalue weighted by molar-refractivity contribution is 0.598. The maximum atomic E-state index is 11.1. The number of rotatable bonds is 1. The second-order valence-electron chi connectivity index (χ2n) is 3.56. The zero-order valence-electron chi connectivity index (χ0n) is 8.27. The van der Waals surface area contributed by atoms with E-state index in [0.29, 0.717) is 0 Å². The summed E-state index contributed by atoms with van der Waals surface area (Å²) in [6, 6.07) is 10.7. The molecule has 3 nitrogen and oxygen atoms in total. The maximum Gasteiger partial charge on any atom is 0.238 e. The SMILES string of the molecule is Cc1ccc2cc(S(N)(=O)=O)ccc2c1. The molecule has 0 aliphatic heterocycles. The first-order chi connectivity index (χ1) is 6.97. The molecular weight excluding hydrogens is 210 g/mol. The van der Waals surface area contributed by atoms with Gasteiger partial charge in [-0.2, -0.15) is 0 Å². The van der Waals surface area contributed by atoms with Gasteiger partial charge in [-0.15, -0.1) is 0 Å². The number of nitrogens with two attached hydrogens (primary N) is 1. The smallest absolute Gasteiger partial charge is 0.225 e. The molecule has 0 saturated carbocycles. The first kappa shape index (κ1) is 10.1. The van der Waals surface area contributed by atoms with Crippen molar-refractivity contribution in [1.29, 1.82) is 0 Å². The van der Waals surface area contributed by atoms with Crippen molar-refractivity contribution in [3.63, 3.8) is 0 Å². The van der Waals surface area contributed by atoms with Gasteiger partial charge in [0.1, 0.15) is 0 Å². The average Bonchev–Trinajstić information content (AvgIpc) is 2.15. The van der Waals surface area contributed by atoms with Crippen molar-refractivity contribution < 1.29 is 8.42 Å². The van der Waals surface area contributed by atoms with Crippen molar-refractivity contribution >= 4 is 20.8 Å². The second-order valence-corrected chi connectivity index (χ2v) is 5.12. The summed E-state index contributed by atoms with van der Waals surface area (Å²) in [5.41, 5.74) is 1.14. The number of sulfonamides is 1. The summed E-state index contributed by atoms with van der Waals surface area (Å²) in [6.45, 7) is 1.99. The molecule has 2 aromatic carbocycles. The van der Waals surface area contributed by atoms with Gasteiger partial charge in [0.05, 0.1) is 4.90 Å². The normalized spacial score (nSPS) is 11.9. The Balaban J connectivity index is 2.73. The van der Waals surface area contributed by atoms with Crippen molar-refractivity contribution in [2.75, 3.05) is 0 Å². The van der Waals surface area contributed by atoms with Crippen LogP contribution in [0, 0.1) is 6.92 Å². The average molecular weight is 221 g/mol. The van der Waals surface area contributed by atoms with Crippen molar-refractivity contribution in [3.8, 4) is 0 Å². The van der Waals surface area contributed by atoms with Crippen LogP contribution in [0.25, 0.3) is 10.8 Å². The summed E-state index contributed by atoms with van der Waals surface area (Å²) in [7, 11) is -3.60. The van der Waals surface area contributed by atoms with Gasteiger partial charge in [-0.05, 0) is 29.8 Å². The molecule has 0 aliphatic carbocycles. The van der Waals surface area contributed by atoms with Crippen molar-refractivity contribution in [3.05, 3.63) is 42.0 Å². The molecule has 2 aromatic rings. The van der Waals surface area contributed by atoms with Crippen LogP contribution in [0.1, 0.15) is 5.56 Å². The molecule has 0 spiro atoms. The van der Waals surface area contributed by atoms with E-state index in [0.717, 1.165) is 16.3 Å². The lowest BCUT2D eigenvalue weighted by Gasteiger charge is -2.02. The van der Waals surface area contributed by atoms with E-state index in [1.165, 1.54) is 6.07 Å². The third-order valence-corrected chi connectivity index (χ3v) is 3.21. The van der Waals surface area contributed by atoms with E-state index < -0.39 is 10.0 Å². The molecule has 0 amide bonds. The van der Waals surface area contributed by atoms with Gasteiger partial charge in [0.2, 0.25) is 10.0 Å². The van der Waals surface area contributed by atoms with Crippen molar-refractivity contribution in [1.82, 2.24) is 0 Å². The van der Waals surface area contributed by atoms with Crippen LogP contribution in [0.15, 0.2) is 41.3 Å². The number of aryl methyl sites for hydroxylation is 1. The second kappa shape index (κ2) is 3.32. The first-order valence-electron chi connectivity index (χ1n) is 4.50. The number of fused-ring (bicyclic) bond motifs is 1. The van der Waals surface area contributed by atoms with Gasteiger partial charge in [0, 0.05) is 0 Å². The van der Waals surface area contributed by atoms with Crippen LogP contribution in [0.4, 0.5) is 0 Å². The van der Waals surface area contributed by atoms with Crippen LogP contribution in [0.3, 0.4) is 0 Å². The number of benzene rings is 2. The zero-order chi connectivity index (χ0) is 11.1. The van der Waals surface area contributed by atoms with Crippen molar-refractivity contribution in [2.45, 2.75) is 11.8 Å². The summed E-state index contributed by atoms with van der Waals surface area (Å²) < 4.78 is 22.2. The lowest BCUT2D eigenvalue weighted by atomic mass is 10.1. The van der Waals surface area contributed by atoms with Crippen LogP contribution < -0.4 is 5.14 Å². The highest BCUT2D eigenvalue weighted by molar-refractivity contribution is 7.89. The maximum absolute atomic E-state index is 11.1. The van der Waals surface area contributed by atoms with Crippen LogP contribution in [-0.4, -0.2) is 8.42 Å². The Labute approximate surface area is 88.6 Å². The quantitative estimate of drug-likeness (QED) is 0.798. The number of hydrogen-bond donors (Lipinski definition) is 1. The summed E-state index contributed by atoms with van der Waals surface area (Å²) in [5.74, 6) is 0. The number of hydrogen-bond acceptors (Lipinski definition) is 2. The predicted octanol–water partition coefficient (Wildman–Crippen LogP) is 1.80. The molecule has 0 atom stereocenters. The Kier molecular flexibility index (Phi) is 2.25. The molecule has 0 saturated heterocycles. The molecule has 0 aromatic heterocycles. The first-order valence-corrected chi connectivity index (χ1v) is 6.05. The summed E-state index contributed by atoms with van der Waals surface area (Å²) in [5, 5.41) is 6.95. The van der Waals surface area contributed by atoms with E-state index in [9.17, 15) is 8.42 Å². The third-order valence-electron chi connectivity index (χ3n) is 2.30. The monoisotopic (exact) mass is 221 g/mol. The molecular formula is C11H11NO2S. The van der Waals surface area contributed by atoms with Gasteiger partial charge in [-0.25, -0.2) is 13.6 Å². The molecule has 15 heavy (non-hydrogen) atoms. The fourth-order valence-electron chi connectivity index (χ4n) is 1.52. The summed E-state index contributed by atoms with van der Waals surface area (Å²) in [6.07, 6.45) is 0. The number of primary sulfonamides is 1. The molecule has 0 fully saturated rings. The zero-order valence-corrected chi connectivity index (χ0v) is 9.08. The van der Waals surface area contributed by atoms with E-state index in [1.807, 2.05) is 25.1 Å². The van der Waals surface area contributed by atoms with E-state index >= 15 is 0 Å². The summed E-state index contributed by atoms with van der Waals surface area (Å²) >= 11 is 0. The topological polar surface area (TPSA) is 60.2 Å². The molecule has 2 N–H and O–H groups in total. The molecule has 0 aliphatic rings. The molecule has 0 radical (unpaired) electrons. The van der Waals surface area contributed by atoms with Gasteiger partial charge in [-0.1, -0.05) is 29.8 Å². The Morgan fingerprint density at radius 2 is 1.60 bits per heavy atom. The molecule has 0 heterocycles. The Hall–Kier alpha value is -1.39. The molecule has 0 unspecified atom stereocenters. The molecule has 2 rings (SSSR count). The highest BCUT2D eigenvalue weighted by Gasteiger charge is 2.07. The van der Waals surface area contributed by atoms with Gasteiger partial charge in [-0.3, -0.25) is 0 Å². The van der Waals surface area contributed by atoms with E-state index in [2.05, 4.69) is 0 Å². The fraction of sp³-hybridized carbons (Fsp3) is 0.0909. The van der Waals surface area contributed by atoms with Crippen LogP contribution in [-0.2, 0) is 10.0 Å². The van der Waals surface area contributed by atoms with Crippen LogP contribution in [0.5, 0.6) is 0 Å². The highest BCUT2D eigenvalue weighted by atomic mass is 32.2. The minimum atomic E-state index is -3.60. The molecule has 78 valence electrons. The van der Waals surface area contributed by atoms with E-state index in [4.69, 9.17) is 5.14 Å². The minimum absolute atomic E-state index is 0.152. The van der Waals surface area contributed by atoms with Crippen LogP contribution >= 0.6 is 0 Å². The van der Waals surface area contributed by atoms with E-state index in [1.54, 1.807) is 12.1 Å². The highest BCUT2D eigenvalue weighted by Crippen LogP contribution is 2.19. The molecule has 0 bridgehead atoms. The van der Waals surface area contributed by atoms with Crippen LogP contribution in [0.2, 0.25) is 0 Å². The lowest BCUT2D eigenvalue weighted by Crippen LogP contribution is -2.11.